The van der Waals surface area contributed by atoms with E-state index in [1.165, 1.54) is 0 Å². The third-order valence-corrected chi connectivity index (χ3v) is 24.9. The highest BCUT2D eigenvalue weighted by atomic mass is 28.4. The quantitative estimate of drug-likeness (QED) is 0.120. The molecule has 2 aromatic carbocycles. The van der Waals surface area contributed by atoms with Gasteiger partial charge in [-0.1, -0.05) is 90.9 Å². The molecule has 0 amide bonds. The maximum Gasteiger partial charge on any atom is 0.199 e. The van der Waals surface area contributed by atoms with Crippen molar-refractivity contribution in [3.8, 4) is 5.75 Å². The van der Waals surface area contributed by atoms with E-state index >= 15 is 0 Å². The van der Waals surface area contributed by atoms with Crippen molar-refractivity contribution in [1.82, 2.24) is 0 Å². The van der Waals surface area contributed by atoms with Gasteiger partial charge in [-0.05, 0) is 104 Å². The van der Waals surface area contributed by atoms with E-state index < -0.39 is 39.6 Å². The van der Waals surface area contributed by atoms with Gasteiger partial charge in [0.25, 0.3) is 0 Å². The first-order valence-electron chi connectivity index (χ1n) is 24.1. The second-order valence-electron chi connectivity index (χ2n) is 22.8. The minimum Gasteiger partial charge on any atom is -0.497 e. The summed E-state index contributed by atoms with van der Waals surface area (Å²) in [6, 6.07) is 18.4. The van der Waals surface area contributed by atoms with Crippen LogP contribution in [0, 0.1) is 5.92 Å². The van der Waals surface area contributed by atoms with Gasteiger partial charge in [-0.25, -0.2) is 0 Å². The maximum atomic E-state index is 7.44. The Morgan fingerprint density at radius 3 is 2.10 bits per heavy atom. The molecular weight excluding hydrogens is 829 g/mol. The summed E-state index contributed by atoms with van der Waals surface area (Å²) in [4.78, 5) is 0. The highest BCUT2D eigenvalue weighted by Crippen LogP contribution is 2.58. The first-order chi connectivity index (χ1) is 29.5. The third kappa shape index (κ3) is 10.9. The molecule has 0 radical (unpaired) electrons. The molecule has 0 aliphatic carbocycles. The van der Waals surface area contributed by atoms with Gasteiger partial charge in [-0.3, -0.25) is 0 Å². The van der Waals surface area contributed by atoms with Crippen LogP contribution in [0.15, 0.2) is 54.6 Å². The second-order valence-corrected chi connectivity index (χ2v) is 32.3. The van der Waals surface area contributed by atoms with E-state index in [-0.39, 0.29) is 46.5 Å². The van der Waals surface area contributed by atoms with Crippen LogP contribution in [-0.2, 0) is 55.2 Å². The lowest BCUT2D eigenvalue weighted by molar-refractivity contribution is -0.401. The lowest BCUT2D eigenvalue weighted by Gasteiger charge is -2.56. The van der Waals surface area contributed by atoms with Crippen molar-refractivity contribution in [3.63, 3.8) is 0 Å². The van der Waals surface area contributed by atoms with Crippen LogP contribution in [0.3, 0.4) is 0 Å². The summed E-state index contributed by atoms with van der Waals surface area (Å²) in [5.41, 5.74) is 1.63. The second kappa shape index (κ2) is 18.8. The van der Waals surface area contributed by atoms with Gasteiger partial charge in [0.05, 0.1) is 45.2 Å². The Morgan fingerprint density at radius 1 is 0.730 bits per heavy atom. The summed E-state index contributed by atoms with van der Waals surface area (Å²) in [6.45, 7) is 29.8. The molecule has 5 aliphatic rings. The minimum atomic E-state index is -2.23. The number of hydrogen-bond donors (Lipinski definition) is 0. The van der Waals surface area contributed by atoms with E-state index in [1.807, 2.05) is 18.2 Å². The molecule has 63 heavy (non-hydrogen) atoms. The van der Waals surface area contributed by atoms with Gasteiger partial charge in [-0.2, -0.15) is 0 Å². The Kier molecular flexibility index (Phi) is 14.7. The molecule has 5 heterocycles. The monoisotopic (exact) mass is 911 g/mol. The standard InChI is InChI=1S/C51H82O10Si2/c1-37-32-50(57-43(36-54-35-38-18-15-14-16-19-38)45(58-50)44(37)59-62(10,11)46(2,3)4)33-42-20-17-27-49(55-42)29-30-51(60-49)48(8,61-63(12,13)47(5,6)7)28-25-41(56-51)26-31-53-34-39-21-23-40(52-9)24-22-39/h14-16,18-19,21-24,37,41-45H,17,20,25-36H2,1-13H3/t37-,41+,42-,43+,44-,45+,48-,49+,50-,51-/m0/s1. The zero-order valence-corrected chi connectivity index (χ0v) is 43.1. The molecule has 0 saturated carbocycles. The summed E-state index contributed by atoms with van der Waals surface area (Å²) >= 11 is 0. The van der Waals surface area contributed by atoms with E-state index in [2.05, 4.69) is 118 Å². The Bertz CT molecular complexity index is 1800. The number of rotatable bonds is 16. The lowest BCUT2D eigenvalue weighted by atomic mass is 9.83. The fourth-order valence-corrected chi connectivity index (χ4v) is 13.2. The fourth-order valence-electron chi connectivity index (χ4n) is 10.1. The van der Waals surface area contributed by atoms with Crippen molar-refractivity contribution >= 4 is 16.6 Å². The number of ether oxygens (including phenoxy) is 8. The van der Waals surface area contributed by atoms with Gasteiger partial charge in [0.15, 0.2) is 34.0 Å². The van der Waals surface area contributed by atoms with Crippen LogP contribution in [-0.4, -0.2) is 90.4 Å². The maximum absolute atomic E-state index is 7.44. The molecule has 5 saturated heterocycles. The predicted octanol–water partition coefficient (Wildman–Crippen LogP) is 11.9. The molecule has 12 heteroatoms. The highest BCUT2D eigenvalue weighted by molar-refractivity contribution is 6.74. The van der Waals surface area contributed by atoms with E-state index in [0.717, 1.165) is 68.2 Å². The van der Waals surface area contributed by atoms with Crippen LogP contribution in [0.25, 0.3) is 0 Å². The van der Waals surface area contributed by atoms with Crippen LogP contribution in [0.4, 0.5) is 0 Å². The lowest BCUT2D eigenvalue weighted by Crippen LogP contribution is -2.65. The summed E-state index contributed by atoms with van der Waals surface area (Å²) in [6.07, 6.45) is 7.34. The van der Waals surface area contributed by atoms with Gasteiger partial charge in [-0.15, -0.1) is 0 Å². The smallest absolute Gasteiger partial charge is 0.199 e. The van der Waals surface area contributed by atoms with Crippen LogP contribution in [0.1, 0.15) is 131 Å². The SMILES string of the molecule is COc1ccc(COCC[C@H]2CC[C@](C)(O[Si](C)(C)C(C)(C)C)[C@@]3(CC[C@@]4(CCC[C@@H](C[C@]56C[C@H](C)[C@H](O[Si](C)(C)C(C)(C)C)[C@H](O5)[C@@H](COCc5ccccc5)O6)O4)O3)O2)cc1. The fraction of sp³-hybridized carbons (Fsp3) is 0.765. The molecule has 2 spiro atoms. The number of methoxy groups -OCH3 is 1. The Hall–Kier alpha value is -1.69. The van der Waals surface area contributed by atoms with E-state index in [0.29, 0.717) is 39.3 Å². The van der Waals surface area contributed by atoms with Gasteiger partial charge in [0.2, 0.25) is 0 Å². The van der Waals surface area contributed by atoms with Crippen molar-refractivity contribution in [1.29, 1.82) is 0 Å². The number of fused-ring (bicyclic) bond motifs is 2. The molecule has 10 atom stereocenters. The Morgan fingerprint density at radius 2 is 1.41 bits per heavy atom. The van der Waals surface area contributed by atoms with Crippen LogP contribution >= 0.6 is 0 Å². The number of benzene rings is 2. The Balaban J connectivity index is 1.06. The van der Waals surface area contributed by atoms with E-state index in [9.17, 15) is 0 Å². The predicted molar refractivity (Wildman–Crippen MR) is 252 cm³/mol. The molecule has 10 nitrogen and oxygen atoms in total. The zero-order valence-electron chi connectivity index (χ0n) is 41.1. The van der Waals surface area contributed by atoms with Crippen LogP contribution in [0.2, 0.25) is 36.3 Å². The molecule has 0 aromatic heterocycles. The highest BCUT2D eigenvalue weighted by Gasteiger charge is 2.66. The summed E-state index contributed by atoms with van der Waals surface area (Å²) < 4.78 is 68.7. The summed E-state index contributed by atoms with van der Waals surface area (Å²) in [7, 11) is -2.66. The first-order valence-corrected chi connectivity index (χ1v) is 29.9. The van der Waals surface area contributed by atoms with Crippen LogP contribution < -0.4 is 4.74 Å². The molecule has 5 aliphatic heterocycles. The zero-order chi connectivity index (χ0) is 45.5. The molecule has 2 bridgehead atoms. The normalized spacial score (nSPS) is 35.1. The van der Waals surface area contributed by atoms with Crippen molar-refractivity contribution in [2.45, 2.75) is 223 Å². The Labute approximate surface area is 382 Å². The molecule has 7 rings (SSSR count). The minimum absolute atomic E-state index is 0.0196. The third-order valence-electron chi connectivity index (χ3n) is 15.8. The molecule has 354 valence electrons. The largest absolute Gasteiger partial charge is 0.497 e. The van der Waals surface area contributed by atoms with E-state index in [1.54, 1.807) is 7.11 Å². The molecule has 5 fully saturated rings. The molecule has 0 unspecified atom stereocenters. The van der Waals surface area contributed by atoms with Crippen molar-refractivity contribution < 1.29 is 46.7 Å². The summed E-state index contributed by atoms with van der Waals surface area (Å²) in [5, 5.41) is 0.100. The first kappa shape index (κ1) is 49.2. The van der Waals surface area contributed by atoms with Crippen LogP contribution in [0.5, 0.6) is 5.75 Å². The summed E-state index contributed by atoms with van der Waals surface area (Å²) in [5.74, 6) is -1.44. The van der Waals surface area contributed by atoms with Crippen molar-refractivity contribution in [2.24, 2.45) is 5.92 Å². The van der Waals surface area contributed by atoms with Gasteiger partial charge in [0, 0.05) is 38.7 Å². The van der Waals surface area contributed by atoms with Crippen molar-refractivity contribution in [2.75, 3.05) is 20.3 Å². The average molecular weight is 911 g/mol. The molecule has 2 aromatic rings. The number of hydrogen-bond acceptors (Lipinski definition) is 10. The topological polar surface area (TPSA) is 92.3 Å². The van der Waals surface area contributed by atoms with Gasteiger partial charge < -0.3 is 46.7 Å². The van der Waals surface area contributed by atoms with Gasteiger partial charge >= 0.3 is 0 Å². The van der Waals surface area contributed by atoms with E-state index in [4.69, 9.17) is 46.7 Å². The van der Waals surface area contributed by atoms with Gasteiger partial charge in [0.1, 0.15) is 23.6 Å². The van der Waals surface area contributed by atoms with Crippen molar-refractivity contribution in [3.05, 3.63) is 65.7 Å². The molecular formula is C51H82O10Si2. The average Bonchev–Trinajstić information content (AvgIpc) is 3.71. The molecule has 0 N–H and O–H groups in total.